The van der Waals surface area contributed by atoms with Gasteiger partial charge in [0, 0.05) is 52.0 Å². The minimum atomic E-state index is -4.61. The number of halogens is 3. The molecule has 1 aliphatic rings. The van der Waals surface area contributed by atoms with E-state index in [1.54, 1.807) is 36.4 Å². The molecular formula is C31H24F3N5O4S. The maximum atomic E-state index is 13.9. The highest BCUT2D eigenvalue weighted by molar-refractivity contribution is 7.13. The number of ether oxygens (including phenoxy) is 2. The Bertz CT molecular complexity index is 1880. The summed E-state index contributed by atoms with van der Waals surface area (Å²) in [5, 5.41) is 8.64. The number of nitrogens with two attached hydrogens (primary N) is 1. The number of benzene rings is 2. The van der Waals surface area contributed by atoms with E-state index in [-0.39, 0.29) is 22.6 Å². The van der Waals surface area contributed by atoms with Gasteiger partial charge in [0.1, 0.15) is 5.75 Å². The zero-order valence-corrected chi connectivity index (χ0v) is 24.0. The first-order valence-electron chi connectivity index (χ1n) is 13.4. The number of alkyl halides is 3. The second-order valence-corrected chi connectivity index (χ2v) is 10.8. The molecule has 0 bridgehead atoms. The zero-order chi connectivity index (χ0) is 31.0. The second-order valence-electron chi connectivity index (χ2n) is 9.85. The summed E-state index contributed by atoms with van der Waals surface area (Å²) in [4.78, 5) is 32.2. The molecule has 0 saturated heterocycles. The molecule has 1 amide bonds. The topological polar surface area (TPSA) is 121 Å². The van der Waals surface area contributed by atoms with E-state index in [0.717, 1.165) is 39.6 Å². The van der Waals surface area contributed by atoms with Crippen molar-refractivity contribution in [3.8, 4) is 33.1 Å². The van der Waals surface area contributed by atoms with Gasteiger partial charge in [-0.2, -0.15) is 18.3 Å². The number of nitrogens with one attached hydrogen (secondary N) is 1. The fraction of sp³-hybridized carbons (Fsp3) is 0.161. The third kappa shape index (κ3) is 5.54. The second kappa shape index (κ2) is 11.6. The summed E-state index contributed by atoms with van der Waals surface area (Å²) in [5.74, 6) is -0.866. The predicted octanol–water partition coefficient (Wildman–Crippen LogP) is 6.11. The monoisotopic (exact) mass is 619 g/mol. The van der Waals surface area contributed by atoms with Crippen LogP contribution in [-0.4, -0.2) is 40.4 Å². The molecule has 44 heavy (non-hydrogen) atoms. The third-order valence-corrected chi connectivity index (χ3v) is 8.12. The number of pyridine rings is 1. The van der Waals surface area contributed by atoms with Crippen LogP contribution in [0.4, 0.5) is 18.9 Å². The number of thiophene rings is 1. The van der Waals surface area contributed by atoms with E-state index < -0.39 is 23.6 Å². The molecule has 0 fully saturated rings. The van der Waals surface area contributed by atoms with Crippen LogP contribution in [0.15, 0.2) is 72.4 Å². The Morgan fingerprint density at radius 1 is 1.09 bits per heavy atom. The van der Waals surface area contributed by atoms with Crippen molar-refractivity contribution >= 4 is 28.9 Å². The Labute approximate surface area is 253 Å². The van der Waals surface area contributed by atoms with Crippen molar-refractivity contribution in [1.82, 2.24) is 14.8 Å². The molecular weight excluding hydrogens is 595 g/mol. The fourth-order valence-electron chi connectivity index (χ4n) is 4.89. The number of hydrogen-bond acceptors (Lipinski definition) is 8. The average molecular weight is 620 g/mol. The first-order valence-corrected chi connectivity index (χ1v) is 14.2. The number of carbonyl (C=O) groups is 2. The molecule has 2 aromatic carbocycles. The lowest BCUT2D eigenvalue weighted by molar-refractivity contribution is -0.137. The molecule has 0 unspecified atom stereocenters. The first kappa shape index (κ1) is 29.1. The standard InChI is InChI=1S/C31H24F3N5O4S/c1-42-30(41)27-21(6-7-26(38-27)39-16-19(15-36-39)31(32,33)34)22-13-25-24(28-18(8-10-43-25)9-11-44-28)12-23(22)29(40)37-20-4-2-17(14-35)3-5-20/h2-7,9,11-13,15-16H,8,10,14,35H2,1H3,(H,37,40). The summed E-state index contributed by atoms with van der Waals surface area (Å²) in [6.45, 7) is 0.749. The Balaban J connectivity index is 1.51. The van der Waals surface area contributed by atoms with Crippen molar-refractivity contribution in [1.29, 1.82) is 0 Å². The van der Waals surface area contributed by atoms with E-state index in [2.05, 4.69) is 15.4 Å². The highest BCUT2D eigenvalue weighted by Crippen LogP contribution is 2.43. The van der Waals surface area contributed by atoms with Crippen LogP contribution in [0.3, 0.4) is 0 Å². The van der Waals surface area contributed by atoms with Gasteiger partial charge < -0.3 is 20.5 Å². The van der Waals surface area contributed by atoms with Gasteiger partial charge >= 0.3 is 12.1 Å². The van der Waals surface area contributed by atoms with Crippen LogP contribution >= 0.6 is 11.3 Å². The molecule has 0 saturated carbocycles. The van der Waals surface area contributed by atoms with Gasteiger partial charge in [0.25, 0.3) is 5.91 Å². The van der Waals surface area contributed by atoms with E-state index in [4.69, 9.17) is 15.2 Å². The van der Waals surface area contributed by atoms with E-state index in [9.17, 15) is 22.8 Å². The summed E-state index contributed by atoms with van der Waals surface area (Å²) in [6.07, 6.45) is -2.50. The van der Waals surface area contributed by atoms with Crippen molar-refractivity contribution in [3.05, 3.63) is 100 Å². The number of esters is 1. The molecule has 224 valence electrons. The molecule has 13 heteroatoms. The quantitative estimate of drug-likeness (QED) is 0.220. The number of methoxy groups -OCH3 is 1. The van der Waals surface area contributed by atoms with E-state index in [0.29, 0.717) is 42.8 Å². The first-order chi connectivity index (χ1) is 21.2. The highest BCUT2D eigenvalue weighted by Gasteiger charge is 2.33. The summed E-state index contributed by atoms with van der Waals surface area (Å²) >= 11 is 1.53. The summed E-state index contributed by atoms with van der Waals surface area (Å²) < 4.78 is 51.6. The van der Waals surface area contributed by atoms with Crippen LogP contribution in [0, 0.1) is 0 Å². The molecule has 5 aromatic rings. The number of hydrogen-bond donors (Lipinski definition) is 2. The van der Waals surface area contributed by atoms with Gasteiger partial charge in [-0.05, 0) is 59.0 Å². The molecule has 9 nitrogen and oxygen atoms in total. The predicted molar refractivity (Wildman–Crippen MR) is 158 cm³/mol. The van der Waals surface area contributed by atoms with Crippen molar-refractivity contribution < 1.29 is 32.2 Å². The van der Waals surface area contributed by atoms with Gasteiger partial charge in [0.15, 0.2) is 11.5 Å². The number of rotatable bonds is 6. The van der Waals surface area contributed by atoms with Crippen LogP contribution in [0.5, 0.6) is 5.75 Å². The normalized spacial score (nSPS) is 12.5. The zero-order valence-electron chi connectivity index (χ0n) is 23.1. The molecule has 0 aliphatic carbocycles. The summed E-state index contributed by atoms with van der Waals surface area (Å²) in [7, 11) is 1.16. The molecule has 3 aromatic heterocycles. The maximum absolute atomic E-state index is 13.9. The number of nitrogens with zero attached hydrogens (tertiary/aromatic N) is 3. The van der Waals surface area contributed by atoms with Crippen molar-refractivity contribution in [3.63, 3.8) is 0 Å². The van der Waals surface area contributed by atoms with Gasteiger partial charge in [0.2, 0.25) is 0 Å². The lowest BCUT2D eigenvalue weighted by atomic mass is 9.93. The Hall–Kier alpha value is -5.01. The van der Waals surface area contributed by atoms with Crippen molar-refractivity contribution in [2.45, 2.75) is 19.1 Å². The number of amides is 1. The van der Waals surface area contributed by atoms with Crippen molar-refractivity contribution in [2.75, 3.05) is 19.0 Å². The molecule has 1 aliphatic heterocycles. The molecule has 0 spiro atoms. The van der Waals surface area contributed by atoms with Crippen LogP contribution < -0.4 is 15.8 Å². The number of aromatic nitrogens is 3. The lowest BCUT2D eigenvalue weighted by Crippen LogP contribution is -2.16. The largest absolute Gasteiger partial charge is 0.493 e. The summed E-state index contributed by atoms with van der Waals surface area (Å²) in [6, 6.07) is 15.4. The third-order valence-electron chi connectivity index (χ3n) is 7.13. The molecule has 3 N–H and O–H groups in total. The van der Waals surface area contributed by atoms with Crippen LogP contribution in [0.2, 0.25) is 0 Å². The summed E-state index contributed by atoms with van der Waals surface area (Å²) in [5.41, 5.74) is 8.49. The SMILES string of the molecule is COC(=O)c1nc(-n2cc(C(F)(F)F)cn2)ccc1-c1cc2c(cc1C(=O)Nc1ccc(CN)cc1)-c1sccc1CCO2. The van der Waals surface area contributed by atoms with Crippen LogP contribution in [-0.2, 0) is 23.9 Å². The Morgan fingerprint density at radius 2 is 1.89 bits per heavy atom. The number of carbonyl (C=O) groups excluding carboxylic acids is 2. The van der Waals surface area contributed by atoms with Gasteiger partial charge in [-0.1, -0.05) is 12.1 Å². The lowest BCUT2D eigenvalue weighted by Gasteiger charge is -2.17. The van der Waals surface area contributed by atoms with Gasteiger partial charge in [-0.25, -0.2) is 14.5 Å². The van der Waals surface area contributed by atoms with Crippen LogP contribution in [0.25, 0.3) is 27.4 Å². The fourth-order valence-corrected chi connectivity index (χ4v) is 5.87. The smallest absolute Gasteiger partial charge is 0.419 e. The van der Waals surface area contributed by atoms with Gasteiger partial charge in [0.05, 0.1) is 25.5 Å². The Kier molecular flexibility index (Phi) is 7.66. The van der Waals surface area contributed by atoms with Crippen LogP contribution in [0.1, 0.15) is 37.5 Å². The average Bonchev–Trinajstić information content (AvgIpc) is 3.68. The minimum absolute atomic E-state index is 0.0510. The van der Waals surface area contributed by atoms with Gasteiger partial charge in [-0.3, -0.25) is 4.79 Å². The van der Waals surface area contributed by atoms with Gasteiger partial charge in [-0.15, -0.1) is 11.3 Å². The van der Waals surface area contributed by atoms with E-state index >= 15 is 0 Å². The van der Waals surface area contributed by atoms with E-state index in [1.807, 2.05) is 11.4 Å². The minimum Gasteiger partial charge on any atom is -0.493 e. The molecule has 4 heterocycles. The highest BCUT2D eigenvalue weighted by atomic mass is 32.1. The maximum Gasteiger partial charge on any atom is 0.419 e. The van der Waals surface area contributed by atoms with E-state index in [1.165, 1.54) is 23.5 Å². The molecule has 6 rings (SSSR count). The Morgan fingerprint density at radius 3 is 2.59 bits per heavy atom. The molecule has 0 radical (unpaired) electrons. The van der Waals surface area contributed by atoms with Crippen molar-refractivity contribution in [2.24, 2.45) is 5.73 Å². The number of anilines is 1. The number of fused-ring (bicyclic) bond motifs is 3. The molecule has 0 atom stereocenters.